The molecule has 10 heteroatoms. The number of benzene rings is 1. The summed E-state index contributed by atoms with van der Waals surface area (Å²) in [5.74, 6) is 0.742. The largest absolute Gasteiger partial charge is 0.408 e. The molecular formula is C19H17F3N6O. The van der Waals surface area contributed by atoms with Crippen LogP contribution in [-0.2, 0) is 11.3 Å². The first-order valence-electron chi connectivity index (χ1n) is 9.33. The van der Waals surface area contributed by atoms with Gasteiger partial charge in [0.1, 0.15) is 6.54 Å². The van der Waals surface area contributed by atoms with E-state index in [9.17, 15) is 18.0 Å². The van der Waals surface area contributed by atoms with Crippen LogP contribution in [0.2, 0.25) is 0 Å². The molecule has 1 aromatic carbocycles. The standard InChI is InChI=1S/C19H17F3N6O/c20-19(21,22)10-27-6-5-16(26-27)25-18-23-9-12-2-4-14(8-15(12)24-18)28-13-3-1-11(7-13)17(28)29/h2,4-6,8-9,11,13H,1,3,7,10H2,(H,23,24,25,26). The molecule has 29 heavy (non-hydrogen) atoms. The summed E-state index contributed by atoms with van der Waals surface area (Å²) in [6, 6.07) is 7.29. The lowest BCUT2D eigenvalue weighted by molar-refractivity contribution is -0.142. The molecule has 2 unspecified atom stereocenters. The third-order valence-corrected chi connectivity index (χ3v) is 5.42. The first-order chi connectivity index (χ1) is 13.9. The first-order valence-corrected chi connectivity index (χ1v) is 9.33. The number of rotatable bonds is 4. The lowest BCUT2D eigenvalue weighted by atomic mass is 10.1. The van der Waals surface area contributed by atoms with Gasteiger partial charge >= 0.3 is 6.18 Å². The van der Waals surface area contributed by atoms with E-state index in [1.165, 1.54) is 12.3 Å². The maximum absolute atomic E-state index is 12.5. The molecule has 2 aliphatic rings. The van der Waals surface area contributed by atoms with Gasteiger partial charge in [-0.1, -0.05) is 0 Å². The number of fused-ring (bicyclic) bond motifs is 3. The van der Waals surface area contributed by atoms with Crippen molar-refractivity contribution in [2.45, 2.75) is 38.0 Å². The second-order valence-electron chi connectivity index (χ2n) is 7.45. The summed E-state index contributed by atoms with van der Waals surface area (Å²) in [4.78, 5) is 23.0. The average Bonchev–Trinajstić information content (AvgIpc) is 3.36. The summed E-state index contributed by atoms with van der Waals surface area (Å²) in [5.41, 5.74) is 1.46. The van der Waals surface area contributed by atoms with Crippen LogP contribution in [0.4, 0.5) is 30.6 Å². The number of piperidine rings is 1. The van der Waals surface area contributed by atoms with E-state index in [1.807, 2.05) is 23.1 Å². The van der Waals surface area contributed by atoms with Crippen LogP contribution in [0, 0.1) is 5.92 Å². The molecule has 5 rings (SSSR count). The lowest BCUT2D eigenvalue weighted by Gasteiger charge is -2.27. The molecule has 2 fully saturated rings. The van der Waals surface area contributed by atoms with Gasteiger partial charge in [0.2, 0.25) is 11.9 Å². The molecule has 0 radical (unpaired) electrons. The summed E-state index contributed by atoms with van der Waals surface area (Å²) in [6.07, 6.45) is 1.41. The van der Waals surface area contributed by atoms with Crippen LogP contribution in [-0.4, -0.2) is 37.9 Å². The monoisotopic (exact) mass is 402 g/mol. The number of amides is 1. The van der Waals surface area contributed by atoms with E-state index in [0.717, 1.165) is 35.0 Å². The summed E-state index contributed by atoms with van der Waals surface area (Å²) < 4.78 is 38.2. The molecule has 3 heterocycles. The highest BCUT2D eigenvalue weighted by atomic mass is 19.4. The smallest absolute Gasteiger partial charge is 0.309 e. The fourth-order valence-electron chi connectivity index (χ4n) is 4.17. The zero-order valence-corrected chi connectivity index (χ0v) is 15.2. The second kappa shape index (κ2) is 6.43. The van der Waals surface area contributed by atoms with E-state index in [4.69, 9.17) is 0 Å². The van der Waals surface area contributed by atoms with Crippen molar-refractivity contribution in [1.82, 2.24) is 19.7 Å². The third-order valence-electron chi connectivity index (χ3n) is 5.42. The number of anilines is 3. The molecule has 2 bridgehead atoms. The van der Waals surface area contributed by atoms with Crippen LogP contribution in [0.1, 0.15) is 19.3 Å². The minimum atomic E-state index is -4.34. The van der Waals surface area contributed by atoms with Crippen LogP contribution in [0.5, 0.6) is 0 Å². The lowest BCUT2D eigenvalue weighted by Crippen LogP contribution is -2.36. The zero-order valence-electron chi connectivity index (χ0n) is 15.2. The molecule has 3 aromatic rings. The van der Waals surface area contributed by atoms with E-state index in [0.29, 0.717) is 5.52 Å². The number of alkyl halides is 3. The fraction of sp³-hybridized carbons (Fsp3) is 0.368. The zero-order chi connectivity index (χ0) is 20.2. The summed E-state index contributed by atoms with van der Waals surface area (Å²) in [6.45, 7) is -1.16. The van der Waals surface area contributed by atoms with Crippen molar-refractivity contribution >= 4 is 34.3 Å². The number of hydrogen-bond donors (Lipinski definition) is 1. The highest BCUT2D eigenvalue weighted by molar-refractivity contribution is 6.00. The van der Waals surface area contributed by atoms with Crippen molar-refractivity contribution in [3.8, 4) is 0 Å². The number of hydrogen-bond acceptors (Lipinski definition) is 5. The minimum absolute atomic E-state index is 0.130. The molecule has 2 atom stereocenters. The maximum atomic E-state index is 12.5. The van der Waals surface area contributed by atoms with E-state index < -0.39 is 12.7 Å². The van der Waals surface area contributed by atoms with Gasteiger partial charge in [0.15, 0.2) is 5.82 Å². The number of aromatic nitrogens is 4. The van der Waals surface area contributed by atoms with Crippen molar-refractivity contribution in [2.75, 3.05) is 10.2 Å². The molecule has 2 aromatic heterocycles. The molecule has 1 saturated heterocycles. The second-order valence-corrected chi connectivity index (χ2v) is 7.45. The number of carbonyl (C=O) groups is 1. The van der Waals surface area contributed by atoms with Gasteiger partial charge in [0.25, 0.3) is 0 Å². The molecule has 7 nitrogen and oxygen atoms in total. The van der Waals surface area contributed by atoms with Crippen LogP contribution in [0.25, 0.3) is 10.9 Å². The van der Waals surface area contributed by atoms with Crippen LogP contribution >= 0.6 is 0 Å². The van der Waals surface area contributed by atoms with Gasteiger partial charge in [0, 0.05) is 41.5 Å². The van der Waals surface area contributed by atoms with E-state index in [-0.39, 0.29) is 29.6 Å². The summed E-state index contributed by atoms with van der Waals surface area (Å²) in [7, 11) is 0. The van der Waals surface area contributed by atoms with Gasteiger partial charge < -0.3 is 10.2 Å². The van der Waals surface area contributed by atoms with Gasteiger partial charge in [-0.15, -0.1) is 0 Å². The maximum Gasteiger partial charge on any atom is 0.408 e. The van der Waals surface area contributed by atoms with E-state index >= 15 is 0 Å². The Balaban J connectivity index is 1.39. The van der Waals surface area contributed by atoms with Crippen molar-refractivity contribution in [3.63, 3.8) is 0 Å². The summed E-state index contributed by atoms with van der Waals surface area (Å²) in [5, 5.41) is 7.47. The Morgan fingerprint density at radius 3 is 2.83 bits per heavy atom. The summed E-state index contributed by atoms with van der Waals surface area (Å²) >= 11 is 0. The molecule has 0 spiro atoms. The Morgan fingerprint density at radius 2 is 2.07 bits per heavy atom. The molecular weight excluding hydrogens is 385 g/mol. The average molecular weight is 402 g/mol. The Kier molecular flexibility index (Phi) is 3.97. The predicted octanol–water partition coefficient (Wildman–Crippen LogP) is 3.65. The van der Waals surface area contributed by atoms with Gasteiger partial charge in [-0.3, -0.25) is 9.48 Å². The van der Waals surface area contributed by atoms with Crippen molar-refractivity contribution in [1.29, 1.82) is 0 Å². The molecule has 1 amide bonds. The topological polar surface area (TPSA) is 75.9 Å². The molecule has 1 aliphatic carbocycles. The van der Waals surface area contributed by atoms with E-state index in [1.54, 1.807) is 6.20 Å². The van der Waals surface area contributed by atoms with Crippen molar-refractivity contribution in [2.24, 2.45) is 5.92 Å². The minimum Gasteiger partial charge on any atom is -0.309 e. The van der Waals surface area contributed by atoms with Crippen LogP contribution in [0.15, 0.2) is 36.7 Å². The highest BCUT2D eigenvalue weighted by Gasteiger charge is 2.45. The van der Waals surface area contributed by atoms with E-state index in [2.05, 4.69) is 20.4 Å². The van der Waals surface area contributed by atoms with Crippen molar-refractivity contribution in [3.05, 3.63) is 36.7 Å². The van der Waals surface area contributed by atoms with Gasteiger partial charge in [-0.25, -0.2) is 9.97 Å². The number of carbonyl (C=O) groups excluding carboxylic acids is 1. The molecule has 150 valence electrons. The number of nitrogens with one attached hydrogen (secondary N) is 1. The number of halogens is 3. The highest BCUT2D eigenvalue weighted by Crippen LogP contribution is 2.41. The van der Waals surface area contributed by atoms with Gasteiger partial charge in [0.05, 0.1) is 5.52 Å². The SMILES string of the molecule is O=C1C2CCC(C2)N1c1ccc2cnc(Nc3ccn(CC(F)(F)F)n3)nc2c1. The Bertz CT molecular complexity index is 1090. The Morgan fingerprint density at radius 1 is 1.21 bits per heavy atom. The van der Waals surface area contributed by atoms with Crippen LogP contribution in [0.3, 0.4) is 0 Å². The van der Waals surface area contributed by atoms with Crippen LogP contribution < -0.4 is 10.2 Å². The third kappa shape index (κ3) is 3.39. The molecule has 1 N–H and O–H groups in total. The first kappa shape index (κ1) is 17.9. The normalized spacial score (nSPS) is 21.3. The quantitative estimate of drug-likeness (QED) is 0.721. The molecule has 1 saturated carbocycles. The Hall–Kier alpha value is -3.17. The van der Waals surface area contributed by atoms with Gasteiger partial charge in [-0.05, 0) is 37.5 Å². The number of nitrogens with zero attached hydrogens (tertiary/aromatic N) is 5. The Labute approximate surface area is 163 Å². The molecule has 1 aliphatic heterocycles. The fourth-order valence-corrected chi connectivity index (χ4v) is 4.17. The van der Waals surface area contributed by atoms with Crippen molar-refractivity contribution < 1.29 is 18.0 Å². The predicted molar refractivity (Wildman–Crippen MR) is 99.7 cm³/mol. The van der Waals surface area contributed by atoms with Gasteiger partial charge in [-0.2, -0.15) is 18.3 Å².